The van der Waals surface area contributed by atoms with Crippen LogP contribution in [0.1, 0.15) is 26.7 Å². The first-order valence-electron chi connectivity index (χ1n) is 8.53. The summed E-state index contributed by atoms with van der Waals surface area (Å²) in [7, 11) is -2.09. The van der Waals surface area contributed by atoms with E-state index >= 15 is 0 Å². The number of rotatable bonds is 4. The summed E-state index contributed by atoms with van der Waals surface area (Å²) in [4.78, 5) is 13.9. The molecule has 1 aliphatic rings. The summed E-state index contributed by atoms with van der Waals surface area (Å²) < 4.78 is 31.3. The fraction of sp³-hybridized carbons (Fsp3) is 0.562. The first-order valence-corrected chi connectivity index (χ1v) is 10.4. The van der Waals surface area contributed by atoms with Gasteiger partial charge in [0.1, 0.15) is 6.26 Å². The fourth-order valence-corrected chi connectivity index (χ4v) is 5.55. The lowest BCUT2D eigenvalue weighted by atomic mass is 9.86. The fourth-order valence-electron chi connectivity index (χ4n) is 3.40. The molecule has 0 bridgehead atoms. The normalized spacial score (nSPS) is 16.5. The summed E-state index contributed by atoms with van der Waals surface area (Å²) in [6, 6.07) is 2.65. The highest BCUT2D eigenvalue weighted by Crippen LogP contribution is 2.38. The Kier molecular flexibility index (Phi) is 5.22. The number of amides is 2. The third-order valence-electron chi connectivity index (χ3n) is 5.21. The van der Waals surface area contributed by atoms with Crippen LogP contribution in [0.5, 0.6) is 0 Å². The van der Waals surface area contributed by atoms with Gasteiger partial charge in [0.25, 0.3) is 0 Å². The van der Waals surface area contributed by atoms with Crippen LogP contribution >= 0.6 is 11.6 Å². The van der Waals surface area contributed by atoms with Crippen LogP contribution in [0.4, 0.5) is 10.6 Å². The topological polar surface area (TPSA) is 110 Å². The Hall–Kier alpha value is -2.07. The number of likely N-dealkylation sites (tertiary alicyclic amines) is 1. The molecule has 1 aliphatic heterocycles. The molecule has 1 N–H and O–H groups in total. The van der Waals surface area contributed by atoms with E-state index in [-0.39, 0.29) is 22.1 Å². The molecule has 9 nitrogen and oxygen atoms in total. The highest BCUT2D eigenvalue weighted by atomic mass is 35.5. The molecule has 27 heavy (non-hydrogen) atoms. The van der Waals surface area contributed by atoms with Gasteiger partial charge in [-0.2, -0.15) is 5.10 Å². The molecule has 0 aliphatic carbocycles. The number of nitrogens with zero attached hydrogens (tertiary/aromatic N) is 4. The minimum absolute atomic E-state index is 0.101. The maximum absolute atomic E-state index is 13.2. The Morgan fingerprint density at radius 2 is 2.04 bits per heavy atom. The third kappa shape index (κ3) is 3.68. The van der Waals surface area contributed by atoms with Crippen molar-refractivity contribution in [1.29, 1.82) is 0 Å². The number of nitrogens with one attached hydrogen (secondary N) is 1. The molecule has 148 valence electrons. The van der Waals surface area contributed by atoms with Crippen LogP contribution in [0.25, 0.3) is 0 Å². The molecule has 2 aromatic rings. The first-order chi connectivity index (χ1) is 12.6. The molecule has 0 saturated carbocycles. The number of urea groups is 1. The van der Waals surface area contributed by atoms with Crippen LogP contribution in [0.2, 0.25) is 5.15 Å². The zero-order valence-corrected chi connectivity index (χ0v) is 16.9. The molecule has 0 spiro atoms. The van der Waals surface area contributed by atoms with Gasteiger partial charge in [-0.3, -0.25) is 10.00 Å². The van der Waals surface area contributed by atoms with E-state index in [1.165, 1.54) is 17.0 Å². The molecule has 3 heterocycles. The number of aromatic nitrogens is 3. The summed E-state index contributed by atoms with van der Waals surface area (Å²) in [6.07, 6.45) is 2.52. The number of carbonyl (C=O) groups is 1. The average molecular weight is 416 g/mol. The Balaban J connectivity index is 1.69. The molecule has 0 radical (unpaired) electrons. The second-order valence-corrected chi connectivity index (χ2v) is 9.98. The minimum atomic E-state index is -3.65. The lowest BCUT2D eigenvalue weighted by molar-refractivity contribution is 0.171. The predicted molar refractivity (Wildman–Crippen MR) is 99.3 cm³/mol. The van der Waals surface area contributed by atoms with E-state index in [9.17, 15) is 13.2 Å². The van der Waals surface area contributed by atoms with Crippen LogP contribution in [-0.4, -0.2) is 52.1 Å². The molecule has 3 rings (SSSR count). The zero-order chi connectivity index (χ0) is 19.8. The smallest absolute Gasteiger partial charge is 0.323 e. The van der Waals surface area contributed by atoms with Crippen molar-refractivity contribution >= 4 is 33.3 Å². The molecular formula is C16H22ClN5O4S. The average Bonchev–Trinajstić information content (AvgIpc) is 3.24. The van der Waals surface area contributed by atoms with Gasteiger partial charge in [0.05, 0.1) is 4.75 Å². The number of hydrogen-bond donors (Lipinski definition) is 1. The molecule has 0 unspecified atom stereocenters. The minimum Gasteiger partial charge on any atom is -0.363 e. The molecule has 1 fully saturated rings. The lowest BCUT2D eigenvalue weighted by Crippen LogP contribution is -2.48. The largest absolute Gasteiger partial charge is 0.363 e. The van der Waals surface area contributed by atoms with Crippen LogP contribution in [0, 0.1) is 5.92 Å². The van der Waals surface area contributed by atoms with Crippen LogP contribution in [0.3, 0.4) is 0 Å². The van der Waals surface area contributed by atoms with Crippen molar-refractivity contribution in [2.24, 2.45) is 13.0 Å². The van der Waals surface area contributed by atoms with Gasteiger partial charge in [0.15, 0.2) is 16.0 Å². The van der Waals surface area contributed by atoms with E-state index in [4.69, 9.17) is 11.6 Å². The van der Waals surface area contributed by atoms with Gasteiger partial charge in [-0.15, -0.1) is 0 Å². The summed E-state index contributed by atoms with van der Waals surface area (Å²) in [5.41, 5.74) is 0. The van der Waals surface area contributed by atoms with Gasteiger partial charge >= 0.3 is 6.03 Å². The predicted octanol–water partition coefficient (Wildman–Crippen LogP) is 2.56. The van der Waals surface area contributed by atoms with Crippen molar-refractivity contribution in [2.45, 2.75) is 36.5 Å². The van der Waals surface area contributed by atoms with E-state index < -0.39 is 14.6 Å². The van der Waals surface area contributed by atoms with Crippen LogP contribution in [0.15, 0.2) is 27.9 Å². The van der Waals surface area contributed by atoms with Gasteiger partial charge in [-0.05, 0) is 32.6 Å². The van der Waals surface area contributed by atoms with Crippen LogP contribution < -0.4 is 5.32 Å². The quantitative estimate of drug-likeness (QED) is 0.821. The van der Waals surface area contributed by atoms with Gasteiger partial charge in [0.2, 0.25) is 9.84 Å². The zero-order valence-electron chi connectivity index (χ0n) is 15.3. The van der Waals surface area contributed by atoms with E-state index in [0.29, 0.717) is 31.7 Å². The van der Waals surface area contributed by atoms with Crippen molar-refractivity contribution in [3.05, 3.63) is 23.5 Å². The molecule has 1 saturated heterocycles. The Morgan fingerprint density at radius 1 is 1.37 bits per heavy atom. The van der Waals surface area contributed by atoms with Crippen LogP contribution in [-0.2, 0) is 16.9 Å². The second kappa shape index (κ2) is 7.16. The first kappa shape index (κ1) is 19.7. The summed E-state index contributed by atoms with van der Waals surface area (Å²) in [5, 5.41) is 10.5. The Morgan fingerprint density at radius 3 is 2.56 bits per heavy atom. The molecule has 0 atom stereocenters. The number of anilines is 1. The SMILES string of the molecule is Cn1nc(Cl)cc1S(=O)(=O)C(C)(C)C1CCN(C(=O)Nc2ccon2)CC1. The molecule has 0 aromatic carbocycles. The highest BCUT2D eigenvalue weighted by molar-refractivity contribution is 7.92. The molecular weight excluding hydrogens is 394 g/mol. The molecule has 2 amide bonds. The highest BCUT2D eigenvalue weighted by Gasteiger charge is 2.45. The Bertz CT molecular complexity index is 915. The third-order valence-corrected chi connectivity index (χ3v) is 8.05. The van der Waals surface area contributed by atoms with E-state index in [2.05, 4.69) is 20.1 Å². The van der Waals surface area contributed by atoms with Gasteiger partial charge < -0.3 is 9.42 Å². The van der Waals surface area contributed by atoms with E-state index in [1.807, 2.05) is 0 Å². The van der Waals surface area contributed by atoms with Crippen molar-refractivity contribution < 1.29 is 17.7 Å². The van der Waals surface area contributed by atoms with Crippen molar-refractivity contribution in [3.8, 4) is 0 Å². The number of halogens is 1. The van der Waals surface area contributed by atoms with Crippen molar-refractivity contribution in [3.63, 3.8) is 0 Å². The molecule has 2 aromatic heterocycles. The maximum atomic E-state index is 13.2. The second-order valence-electron chi connectivity index (χ2n) is 7.11. The summed E-state index contributed by atoms with van der Waals surface area (Å²) in [5.74, 6) is 0.241. The number of hydrogen-bond acceptors (Lipinski definition) is 6. The van der Waals surface area contributed by atoms with Crippen molar-refractivity contribution in [2.75, 3.05) is 18.4 Å². The van der Waals surface area contributed by atoms with E-state index in [1.54, 1.807) is 31.9 Å². The van der Waals surface area contributed by atoms with Gasteiger partial charge in [-0.25, -0.2) is 13.2 Å². The lowest BCUT2D eigenvalue weighted by Gasteiger charge is -2.39. The summed E-state index contributed by atoms with van der Waals surface area (Å²) >= 11 is 5.86. The standard InChI is InChI=1S/C16H22ClN5O4S/c1-16(2,27(24,25)14-10-12(17)19-21(14)3)11-4-7-22(8-5-11)15(23)18-13-6-9-26-20-13/h6,9-11H,4-5,7-8H2,1-3H3,(H,18,20,23). The number of piperidine rings is 1. The molecule has 11 heteroatoms. The number of carbonyl (C=O) groups excluding carboxylic acids is 1. The van der Waals surface area contributed by atoms with E-state index in [0.717, 1.165) is 0 Å². The number of aryl methyl sites for hydroxylation is 1. The van der Waals surface area contributed by atoms with Crippen molar-refractivity contribution in [1.82, 2.24) is 19.8 Å². The van der Waals surface area contributed by atoms with Gasteiger partial charge in [-0.1, -0.05) is 16.8 Å². The monoisotopic (exact) mass is 415 g/mol. The Labute approximate surface area is 162 Å². The number of sulfone groups is 1. The summed E-state index contributed by atoms with van der Waals surface area (Å²) in [6.45, 7) is 4.36. The maximum Gasteiger partial charge on any atom is 0.323 e. The van der Waals surface area contributed by atoms with Gasteiger partial charge in [0, 0.05) is 32.3 Å².